The number of anilines is 9. The molecule has 0 radical (unpaired) electrons. The quantitative estimate of drug-likeness (QED) is 0.166. The Balaban J connectivity index is 0.901. The van der Waals surface area contributed by atoms with Crippen LogP contribution < -0.4 is 28.9 Å². The first-order valence-corrected chi connectivity index (χ1v) is 22.1. The number of fused-ring (bicyclic) bond motifs is 6. The molecule has 3 aliphatic heterocycles. The summed E-state index contributed by atoms with van der Waals surface area (Å²) < 4.78 is 19.0. The van der Waals surface area contributed by atoms with Gasteiger partial charge in [-0.1, -0.05) is 109 Å². The summed E-state index contributed by atoms with van der Waals surface area (Å²) in [6.45, 7) is 0. The van der Waals surface area contributed by atoms with Gasteiger partial charge >= 0.3 is 0 Å². The topological polar surface area (TPSA) is 37.4 Å². The molecule has 0 N–H and O–H groups in total. The maximum atomic E-state index is 6.32. The van der Waals surface area contributed by atoms with Gasteiger partial charge in [-0.3, -0.25) is 0 Å². The van der Waals surface area contributed by atoms with E-state index in [1.165, 1.54) is 0 Å². The Kier molecular flexibility index (Phi) is 8.74. The summed E-state index contributed by atoms with van der Waals surface area (Å²) in [5.41, 5.74) is 15.9. The van der Waals surface area contributed by atoms with Crippen LogP contribution in [0.5, 0.6) is 34.5 Å². The monoisotopic (exact) mass is 849 g/mol. The molecule has 0 bridgehead atoms. The zero-order valence-electron chi connectivity index (χ0n) is 35.6. The summed E-state index contributed by atoms with van der Waals surface area (Å²) in [7, 11) is 0. The SMILES string of the molecule is c1ccc2c(c1)Oc1ccccc1N2c1ccc(-c2cc(-c3ccc(N4c5ccccc5Oc5ccccc54)cc3)cc(-c3ccc(N4c5ccccc5Oc5ccccc54)cc3)c2)cc1. The molecule has 10 aromatic carbocycles. The minimum absolute atomic E-state index is 0.832. The second kappa shape index (κ2) is 15.4. The molecule has 312 valence electrons. The van der Waals surface area contributed by atoms with Crippen LogP contribution in [0.1, 0.15) is 0 Å². The van der Waals surface area contributed by atoms with Crippen molar-refractivity contribution in [2.75, 3.05) is 14.7 Å². The minimum atomic E-state index is 0.832. The molecule has 0 saturated heterocycles. The van der Waals surface area contributed by atoms with E-state index in [1.807, 2.05) is 72.8 Å². The fourth-order valence-corrected chi connectivity index (χ4v) is 9.48. The molecule has 66 heavy (non-hydrogen) atoms. The Morgan fingerprint density at radius 2 is 0.394 bits per heavy atom. The first kappa shape index (κ1) is 37.5. The summed E-state index contributed by atoms with van der Waals surface area (Å²) in [4.78, 5) is 6.83. The van der Waals surface area contributed by atoms with E-state index in [9.17, 15) is 0 Å². The largest absolute Gasteiger partial charge is 0.453 e. The number of para-hydroxylation sites is 12. The molecular weight excluding hydrogens is 811 g/mol. The molecule has 0 fully saturated rings. The summed E-state index contributed by atoms with van der Waals surface area (Å²) in [5.74, 6) is 4.99. The maximum absolute atomic E-state index is 6.32. The van der Waals surface area contributed by atoms with Crippen molar-refractivity contribution in [1.82, 2.24) is 0 Å². The Morgan fingerprint density at radius 1 is 0.197 bits per heavy atom. The van der Waals surface area contributed by atoms with E-state index in [4.69, 9.17) is 14.2 Å². The van der Waals surface area contributed by atoms with Crippen LogP contribution in [-0.4, -0.2) is 0 Å². The smallest absolute Gasteiger partial charge is 0.151 e. The van der Waals surface area contributed by atoms with Crippen LogP contribution in [0.25, 0.3) is 33.4 Å². The van der Waals surface area contributed by atoms with Crippen LogP contribution in [0.2, 0.25) is 0 Å². The molecule has 0 atom stereocenters. The summed E-state index contributed by atoms with van der Waals surface area (Å²) in [6, 6.07) is 82.8. The van der Waals surface area contributed by atoms with Gasteiger partial charge in [0.25, 0.3) is 0 Å². The molecule has 3 aliphatic rings. The zero-order chi connectivity index (χ0) is 43.6. The average molecular weight is 850 g/mol. The van der Waals surface area contributed by atoms with Crippen LogP contribution in [0.3, 0.4) is 0 Å². The third-order valence-corrected chi connectivity index (χ3v) is 12.6. The van der Waals surface area contributed by atoms with E-state index in [0.29, 0.717) is 0 Å². The lowest BCUT2D eigenvalue weighted by molar-refractivity contribution is 0.477. The lowest BCUT2D eigenvalue weighted by Gasteiger charge is -2.33. The lowest BCUT2D eigenvalue weighted by Crippen LogP contribution is -2.15. The van der Waals surface area contributed by atoms with Crippen molar-refractivity contribution in [2.24, 2.45) is 0 Å². The maximum Gasteiger partial charge on any atom is 0.151 e. The van der Waals surface area contributed by atoms with Crippen LogP contribution in [0.15, 0.2) is 237 Å². The van der Waals surface area contributed by atoms with Crippen molar-refractivity contribution in [1.29, 1.82) is 0 Å². The van der Waals surface area contributed by atoms with E-state index in [2.05, 4.69) is 178 Å². The summed E-state index contributed by atoms with van der Waals surface area (Å²) in [6.07, 6.45) is 0. The first-order chi connectivity index (χ1) is 32.7. The van der Waals surface area contributed by atoms with Gasteiger partial charge in [0.2, 0.25) is 0 Å². The van der Waals surface area contributed by atoms with E-state index in [-0.39, 0.29) is 0 Å². The number of rotatable bonds is 6. The van der Waals surface area contributed by atoms with Crippen LogP contribution in [-0.2, 0) is 0 Å². The van der Waals surface area contributed by atoms with E-state index < -0.39 is 0 Å². The molecule has 0 aromatic heterocycles. The summed E-state index contributed by atoms with van der Waals surface area (Å²) >= 11 is 0. The normalized spacial score (nSPS) is 12.8. The van der Waals surface area contributed by atoms with Gasteiger partial charge in [0.15, 0.2) is 34.5 Å². The van der Waals surface area contributed by atoms with E-state index >= 15 is 0 Å². The molecule has 6 nitrogen and oxygen atoms in total. The number of benzene rings is 10. The van der Waals surface area contributed by atoms with Gasteiger partial charge in [-0.2, -0.15) is 0 Å². The van der Waals surface area contributed by atoms with Gasteiger partial charge in [-0.15, -0.1) is 0 Å². The molecule has 10 aromatic rings. The van der Waals surface area contributed by atoms with Crippen LogP contribution in [0.4, 0.5) is 51.2 Å². The van der Waals surface area contributed by atoms with Gasteiger partial charge in [-0.25, -0.2) is 0 Å². The predicted octanol–water partition coefficient (Wildman–Crippen LogP) is 17.4. The Hall–Kier alpha value is -9.00. The number of hydrogen-bond acceptors (Lipinski definition) is 6. The highest BCUT2D eigenvalue weighted by Gasteiger charge is 2.28. The molecular formula is C60H39N3O3. The van der Waals surface area contributed by atoms with Crippen molar-refractivity contribution in [2.45, 2.75) is 0 Å². The molecule has 0 spiro atoms. The van der Waals surface area contributed by atoms with E-state index in [0.717, 1.165) is 119 Å². The Morgan fingerprint density at radius 3 is 0.606 bits per heavy atom. The highest BCUT2D eigenvalue weighted by Crippen LogP contribution is 2.53. The van der Waals surface area contributed by atoms with Crippen molar-refractivity contribution in [3.05, 3.63) is 237 Å². The number of ether oxygens (including phenoxy) is 3. The Labute approximate surface area is 383 Å². The molecule has 13 rings (SSSR count). The fourth-order valence-electron chi connectivity index (χ4n) is 9.48. The molecule has 0 amide bonds. The second-order valence-corrected chi connectivity index (χ2v) is 16.6. The molecule has 6 heteroatoms. The van der Waals surface area contributed by atoms with Gasteiger partial charge in [0.1, 0.15) is 0 Å². The van der Waals surface area contributed by atoms with Crippen molar-refractivity contribution in [3.8, 4) is 67.9 Å². The Bertz CT molecular complexity index is 2960. The molecule has 0 saturated carbocycles. The zero-order valence-corrected chi connectivity index (χ0v) is 35.6. The van der Waals surface area contributed by atoms with Crippen molar-refractivity contribution >= 4 is 51.2 Å². The van der Waals surface area contributed by atoms with Gasteiger partial charge in [-0.05, 0) is 161 Å². The third-order valence-electron chi connectivity index (χ3n) is 12.6. The van der Waals surface area contributed by atoms with Crippen LogP contribution in [0, 0.1) is 0 Å². The molecule has 3 heterocycles. The van der Waals surface area contributed by atoms with E-state index in [1.54, 1.807) is 0 Å². The standard InChI is InChI=1S/C60H39N3O3/c1-7-19-55-49(13-1)61(50-14-2-8-20-56(50)64-55)46-31-25-40(26-32-46)43-37-44(41-27-33-47(34-28-41)62-51-15-3-9-21-57(51)65-58-22-10-4-16-52(58)62)39-45(38-43)42-29-35-48(36-30-42)63-53-17-5-11-23-59(53)66-60-24-12-6-18-54(60)63/h1-39H. The highest BCUT2D eigenvalue weighted by atomic mass is 16.5. The number of nitrogens with zero attached hydrogens (tertiary/aromatic N) is 3. The van der Waals surface area contributed by atoms with Gasteiger partial charge in [0, 0.05) is 17.1 Å². The van der Waals surface area contributed by atoms with Crippen LogP contribution >= 0.6 is 0 Å². The molecule has 0 aliphatic carbocycles. The first-order valence-electron chi connectivity index (χ1n) is 22.1. The average Bonchev–Trinajstić information content (AvgIpc) is 3.39. The van der Waals surface area contributed by atoms with Crippen molar-refractivity contribution in [3.63, 3.8) is 0 Å². The predicted molar refractivity (Wildman–Crippen MR) is 267 cm³/mol. The third kappa shape index (κ3) is 6.34. The van der Waals surface area contributed by atoms with Gasteiger partial charge < -0.3 is 28.9 Å². The summed E-state index contributed by atoms with van der Waals surface area (Å²) in [5, 5.41) is 0. The highest BCUT2D eigenvalue weighted by molar-refractivity contribution is 5.91. The fraction of sp³-hybridized carbons (Fsp3) is 0. The number of hydrogen-bond donors (Lipinski definition) is 0. The second-order valence-electron chi connectivity index (χ2n) is 16.6. The molecule has 0 unspecified atom stereocenters. The van der Waals surface area contributed by atoms with Gasteiger partial charge in [0.05, 0.1) is 34.1 Å². The lowest BCUT2D eigenvalue weighted by atomic mass is 9.93. The minimum Gasteiger partial charge on any atom is -0.453 e. The van der Waals surface area contributed by atoms with Crippen molar-refractivity contribution < 1.29 is 14.2 Å².